The number of nitrogens with zero attached hydrogens (tertiary/aromatic N) is 2. The first-order chi connectivity index (χ1) is 13.5. The number of carbonyl (C=O) groups is 1. The first kappa shape index (κ1) is 19.1. The van der Waals surface area contributed by atoms with E-state index in [2.05, 4.69) is 9.97 Å². The Morgan fingerprint density at radius 1 is 0.893 bits per heavy atom. The molecule has 0 amide bonds. The van der Waals surface area contributed by atoms with Crippen LogP contribution in [-0.2, 0) is 4.79 Å². The molecule has 142 valence electrons. The van der Waals surface area contributed by atoms with Crippen LogP contribution in [-0.4, -0.2) is 21.0 Å². The maximum absolute atomic E-state index is 11.7. The molecule has 1 heterocycles. The number of hydrogen-bond donors (Lipinski definition) is 1. The highest BCUT2D eigenvalue weighted by atomic mass is 16.5. The van der Waals surface area contributed by atoms with E-state index in [9.17, 15) is 9.90 Å². The summed E-state index contributed by atoms with van der Waals surface area (Å²) in [4.78, 5) is 19.9. The fraction of sp³-hybridized carbons (Fsp3) is 0.136. The van der Waals surface area contributed by atoms with Crippen molar-refractivity contribution in [1.29, 1.82) is 0 Å². The van der Waals surface area contributed by atoms with E-state index >= 15 is 0 Å². The number of aromatic nitrogens is 2. The van der Waals surface area contributed by atoms with Gasteiger partial charge in [0, 0.05) is 5.56 Å². The minimum atomic E-state index is -1.01. The van der Waals surface area contributed by atoms with Gasteiger partial charge >= 0.3 is 5.97 Å². The monoisotopic (exact) mass is 376 g/mol. The standard InChI is InChI=1S/C22H20N2O4/c1-14(2)21(22(25)26)16-9-5-7-11-18(16)28-20-12-19(23-13-24-20)27-17-10-6-4-8-15(17)3/h4-13H,1-3H3,(H,25,26). The van der Waals surface area contributed by atoms with Gasteiger partial charge in [-0.15, -0.1) is 0 Å². The van der Waals surface area contributed by atoms with Crippen LogP contribution in [0.5, 0.6) is 23.3 Å². The molecule has 0 atom stereocenters. The Labute approximate surface area is 163 Å². The minimum Gasteiger partial charge on any atom is -0.478 e. The number of ether oxygens (including phenoxy) is 2. The van der Waals surface area contributed by atoms with E-state index in [1.807, 2.05) is 31.2 Å². The number of rotatable bonds is 6. The first-order valence-corrected chi connectivity index (χ1v) is 8.69. The second-order valence-corrected chi connectivity index (χ2v) is 6.34. The number of aliphatic carboxylic acids is 1. The maximum atomic E-state index is 11.7. The van der Waals surface area contributed by atoms with E-state index in [1.165, 1.54) is 6.33 Å². The van der Waals surface area contributed by atoms with Crippen molar-refractivity contribution in [2.24, 2.45) is 0 Å². The summed E-state index contributed by atoms with van der Waals surface area (Å²) in [6.45, 7) is 5.44. The molecule has 1 N–H and O–H groups in total. The molecule has 0 radical (unpaired) electrons. The smallest absolute Gasteiger partial charge is 0.336 e. The molecule has 3 rings (SSSR count). The fourth-order valence-electron chi connectivity index (χ4n) is 2.69. The molecule has 2 aromatic carbocycles. The molecule has 0 spiro atoms. The summed E-state index contributed by atoms with van der Waals surface area (Å²) in [5.41, 5.74) is 2.33. The van der Waals surface area contributed by atoms with Gasteiger partial charge in [0.25, 0.3) is 0 Å². The van der Waals surface area contributed by atoms with Crippen molar-refractivity contribution in [3.8, 4) is 23.3 Å². The second kappa shape index (κ2) is 8.35. The van der Waals surface area contributed by atoms with Crippen LogP contribution in [0.15, 0.2) is 66.5 Å². The zero-order valence-corrected chi connectivity index (χ0v) is 15.8. The Balaban J connectivity index is 1.91. The summed E-state index contributed by atoms with van der Waals surface area (Å²) in [6, 6.07) is 16.1. The van der Waals surface area contributed by atoms with Gasteiger partial charge in [-0.3, -0.25) is 0 Å². The van der Waals surface area contributed by atoms with Gasteiger partial charge in [-0.2, -0.15) is 0 Å². The van der Waals surface area contributed by atoms with E-state index < -0.39 is 5.97 Å². The van der Waals surface area contributed by atoms with Crippen molar-refractivity contribution in [3.63, 3.8) is 0 Å². The van der Waals surface area contributed by atoms with Gasteiger partial charge in [-0.1, -0.05) is 42.0 Å². The maximum Gasteiger partial charge on any atom is 0.336 e. The average molecular weight is 376 g/mol. The van der Waals surface area contributed by atoms with E-state index in [0.717, 1.165) is 5.56 Å². The molecule has 6 heteroatoms. The van der Waals surface area contributed by atoms with Crippen LogP contribution in [0.3, 0.4) is 0 Å². The summed E-state index contributed by atoms with van der Waals surface area (Å²) in [5.74, 6) is 0.649. The third-order valence-corrected chi connectivity index (χ3v) is 4.01. The molecule has 1 aromatic heterocycles. The number of carboxylic acids is 1. The normalized spacial score (nSPS) is 10.2. The van der Waals surface area contributed by atoms with Crippen LogP contribution >= 0.6 is 0 Å². The molecule has 0 bridgehead atoms. The van der Waals surface area contributed by atoms with Gasteiger partial charge in [0.15, 0.2) is 0 Å². The SMILES string of the molecule is CC(C)=C(C(=O)O)c1ccccc1Oc1cc(Oc2ccccc2C)ncn1. The van der Waals surface area contributed by atoms with Gasteiger partial charge in [-0.05, 0) is 38.5 Å². The van der Waals surface area contributed by atoms with Crippen LogP contribution < -0.4 is 9.47 Å². The number of para-hydroxylation sites is 2. The van der Waals surface area contributed by atoms with Crippen molar-refractivity contribution < 1.29 is 19.4 Å². The predicted molar refractivity (Wildman–Crippen MR) is 106 cm³/mol. The van der Waals surface area contributed by atoms with E-state index in [1.54, 1.807) is 44.2 Å². The molecule has 0 unspecified atom stereocenters. The van der Waals surface area contributed by atoms with Crippen LogP contribution in [0, 0.1) is 6.92 Å². The van der Waals surface area contributed by atoms with Crippen molar-refractivity contribution in [2.45, 2.75) is 20.8 Å². The second-order valence-electron chi connectivity index (χ2n) is 6.34. The highest BCUT2D eigenvalue weighted by Gasteiger charge is 2.17. The Morgan fingerprint density at radius 3 is 2.07 bits per heavy atom. The lowest BCUT2D eigenvalue weighted by atomic mass is 10.0. The molecule has 28 heavy (non-hydrogen) atoms. The number of carboxylic acid groups (broad SMARTS) is 1. The van der Waals surface area contributed by atoms with Gasteiger partial charge < -0.3 is 14.6 Å². The Morgan fingerprint density at radius 2 is 1.46 bits per heavy atom. The van der Waals surface area contributed by atoms with Crippen LogP contribution in [0.2, 0.25) is 0 Å². The van der Waals surface area contributed by atoms with Gasteiger partial charge in [0.05, 0.1) is 11.6 Å². The van der Waals surface area contributed by atoms with Crippen molar-refractivity contribution in [3.05, 3.63) is 77.6 Å². The molecular formula is C22H20N2O4. The molecule has 6 nitrogen and oxygen atoms in total. The van der Waals surface area contributed by atoms with Gasteiger partial charge in [0.2, 0.25) is 11.8 Å². The molecule has 0 saturated carbocycles. The Hall–Kier alpha value is -3.67. The van der Waals surface area contributed by atoms with E-state index in [4.69, 9.17) is 9.47 Å². The average Bonchev–Trinajstić information content (AvgIpc) is 2.65. The number of aryl methyl sites for hydroxylation is 1. The Kier molecular flexibility index (Phi) is 5.69. The summed E-state index contributed by atoms with van der Waals surface area (Å²) >= 11 is 0. The zero-order valence-electron chi connectivity index (χ0n) is 15.8. The number of hydrogen-bond acceptors (Lipinski definition) is 5. The summed E-state index contributed by atoms with van der Waals surface area (Å²) in [6.07, 6.45) is 1.34. The lowest BCUT2D eigenvalue weighted by Gasteiger charge is -2.13. The Bertz CT molecular complexity index is 1040. The molecule has 0 aliphatic carbocycles. The van der Waals surface area contributed by atoms with Crippen LogP contribution in [0.1, 0.15) is 25.0 Å². The summed E-state index contributed by atoms with van der Waals surface area (Å²) in [5, 5.41) is 9.56. The zero-order chi connectivity index (χ0) is 20.1. The lowest BCUT2D eigenvalue weighted by molar-refractivity contribution is -0.130. The first-order valence-electron chi connectivity index (χ1n) is 8.69. The van der Waals surface area contributed by atoms with Crippen LogP contribution in [0.4, 0.5) is 0 Å². The fourth-order valence-corrected chi connectivity index (χ4v) is 2.69. The minimum absolute atomic E-state index is 0.195. The highest BCUT2D eigenvalue weighted by Crippen LogP contribution is 2.32. The molecule has 0 fully saturated rings. The van der Waals surface area contributed by atoms with Crippen molar-refractivity contribution in [1.82, 2.24) is 9.97 Å². The molecule has 3 aromatic rings. The van der Waals surface area contributed by atoms with Gasteiger partial charge in [-0.25, -0.2) is 14.8 Å². The molecular weight excluding hydrogens is 356 g/mol. The highest BCUT2D eigenvalue weighted by molar-refractivity contribution is 6.17. The van der Waals surface area contributed by atoms with Crippen LogP contribution in [0.25, 0.3) is 5.57 Å². The number of allylic oxidation sites excluding steroid dienone is 1. The van der Waals surface area contributed by atoms with E-state index in [-0.39, 0.29) is 11.5 Å². The van der Waals surface area contributed by atoms with E-state index in [0.29, 0.717) is 28.5 Å². The third-order valence-electron chi connectivity index (χ3n) is 4.01. The predicted octanol–water partition coefficient (Wildman–Crippen LogP) is 5.25. The largest absolute Gasteiger partial charge is 0.478 e. The topological polar surface area (TPSA) is 81.5 Å². The summed E-state index contributed by atoms with van der Waals surface area (Å²) in [7, 11) is 0. The lowest BCUT2D eigenvalue weighted by Crippen LogP contribution is -2.04. The van der Waals surface area contributed by atoms with Crippen molar-refractivity contribution >= 4 is 11.5 Å². The van der Waals surface area contributed by atoms with Gasteiger partial charge in [0.1, 0.15) is 17.8 Å². The molecule has 0 saturated heterocycles. The van der Waals surface area contributed by atoms with Crippen molar-refractivity contribution in [2.75, 3.05) is 0 Å². The quantitative estimate of drug-likeness (QED) is 0.592. The molecule has 0 aliphatic rings. The third kappa shape index (κ3) is 4.35. The number of benzene rings is 2. The summed E-state index contributed by atoms with van der Waals surface area (Å²) < 4.78 is 11.7. The molecule has 0 aliphatic heterocycles.